The summed E-state index contributed by atoms with van der Waals surface area (Å²) in [5, 5.41) is 12.5. The lowest BCUT2D eigenvalue weighted by Gasteiger charge is -2.28. The highest BCUT2D eigenvalue weighted by atomic mass is 16.4. The highest BCUT2D eigenvalue weighted by Crippen LogP contribution is 2.29. The van der Waals surface area contributed by atoms with Gasteiger partial charge in [0.2, 0.25) is 0 Å². The van der Waals surface area contributed by atoms with Gasteiger partial charge in [0.1, 0.15) is 6.04 Å². The van der Waals surface area contributed by atoms with Gasteiger partial charge >= 0.3 is 5.97 Å². The van der Waals surface area contributed by atoms with Crippen molar-refractivity contribution in [2.75, 3.05) is 0 Å². The number of nitrogens with zero attached hydrogens (tertiary/aromatic N) is 1. The highest BCUT2D eigenvalue weighted by Gasteiger charge is 2.33. The summed E-state index contributed by atoms with van der Waals surface area (Å²) in [7, 11) is 0. The minimum absolute atomic E-state index is 0.178. The summed E-state index contributed by atoms with van der Waals surface area (Å²) in [6.45, 7) is 4.31. The molecule has 2 atom stereocenters. The molecule has 0 fully saturated rings. The van der Waals surface area contributed by atoms with Gasteiger partial charge in [0.15, 0.2) is 0 Å². The molecule has 110 valence electrons. The first-order valence-corrected chi connectivity index (χ1v) is 7.17. The average molecular weight is 285 g/mol. The lowest BCUT2D eigenvalue weighted by Crippen LogP contribution is -2.45. The number of imidazole rings is 1. The first kappa shape index (κ1) is 13.8. The quantitative estimate of drug-likeness (QED) is 0.808. The molecule has 1 aromatic heterocycles. The molecule has 1 aromatic carbocycles. The zero-order valence-corrected chi connectivity index (χ0v) is 12.1. The molecule has 2 heterocycles. The molecular weight excluding hydrogens is 266 g/mol. The second-order valence-electron chi connectivity index (χ2n) is 5.78. The summed E-state index contributed by atoms with van der Waals surface area (Å²) >= 11 is 0. The summed E-state index contributed by atoms with van der Waals surface area (Å²) in [5.74, 6) is -0.356. The maximum absolute atomic E-state index is 11.3. The lowest BCUT2D eigenvalue weighted by molar-refractivity contribution is -0.139. The number of fused-ring (bicyclic) bond motifs is 1. The molecule has 0 radical (unpaired) electrons. The van der Waals surface area contributed by atoms with E-state index in [0.29, 0.717) is 12.3 Å². The molecule has 0 spiro atoms. The molecule has 5 heteroatoms. The monoisotopic (exact) mass is 285 g/mol. The van der Waals surface area contributed by atoms with E-state index in [1.807, 2.05) is 0 Å². The van der Waals surface area contributed by atoms with Crippen LogP contribution < -0.4 is 5.32 Å². The van der Waals surface area contributed by atoms with Crippen molar-refractivity contribution in [2.45, 2.75) is 38.3 Å². The number of hydrogen-bond acceptors (Lipinski definition) is 3. The second kappa shape index (κ2) is 5.33. The Morgan fingerprint density at radius 2 is 2.05 bits per heavy atom. The predicted molar refractivity (Wildman–Crippen MR) is 79.2 cm³/mol. The Hall–Kier alpha value is -2.14. The fourth-order valence-electron chi connectivity index (χ4n) is 2.77. The van der Waals surface area contributed by atoms with E-state index < -0.39 is 12.0 Å². The summed E-state index contributed by atoms with van der Waals surface area (Å²) in [6.07, 6.45) is 2.07. The highest BCUT2D eigenvalue weighted by molar-refractivity contribution is 5.74. The van der Waals surface area contributed by atoms with Gasteiger partial charge < -0.3 is 10.1 Å². The number of benzene rings is 1. The second-order valence-corrected chi connectivity index (χ2v) is 5.78. The zero-order chi connectivity index (χ0) is 15.0. The third kappa shape index (κ3) is 2.56. The van der Waals surface area contributed by atoms with Gasteiger partial charge in [-0.15, -0.1) is 0 Å². The number of carboxylic acids is 1. The van der Waals surface area contributed by atoms with Crippen molar-refractivity contribution >= 4 is 5.97 Å². The molecule has 2 aromatic rings. The molecule has 1 aliphatic rings. The van der Waals surface area contributed by atoms with Crippen LogP contribution in [0.25, 0.3) is 0 Å². The number of aromatic nitrogens is 2. The molecule has 0 saturated carbocycles. The third-order valence-electron chi connectivity index (χ3n) is 4.04. The van der Waals surface area contributed by atoms with E-state index >= 15 is 0 Å². The van der Waals surface area contributed by atoms with Crippen LogP contribution in [0.1, 0.15) is 48.3 Å². The van der Waals surface area contributed by atoms with Crippen LogP contribution in [0.5, 0.6) is 0 Å². The number of nitrogens with one attached hydrogen (secondary N) is 2. The van der Waals surface area contributed by atoms with Crippen LogP contribution in [0.4, 0.5) is 0 Å². The Kier molecular flexibility index (Phi) is 3.51. The average Bonchev–Trinajstić information content (AvgIpc) is 2.94. The molecule has 5 nitrogen and oxygen atoms in total. The van der Waals surface area contributed by atoms with Gasteiger partial charge in [-0.2, -0.15) is 0 Å². The van der Waals surface area contributed by atoms with E-state index in [2.05, 4.69) is 53.4 Å². The number of carboxylic acid groups (broad SMARTS) is 1. The Labute approximate surface area is 123 Å². The summed E-state index contributed by atoms with van der Waals surface area (Å²) in [6, 6.07) is 7.53. The SMILES string of the molecule is CC(C)c1ccc(C2NC(C(=O)O)Cc3[nH]cnc32)cc1. The van der Waals surface area contributed by atoms with E-state index in [1.165, 1.54) is 5.56 Å². The van der Waals surface area contributed by atoms with Gasteiger partial charge in [0, 0.05) is 12.1 Å². The molecular formula is C16H19N3O2. The van der Waals surface area contributed by atoms with Gasteiger partial charge in [-0.1, -0.05) is 38.1 Å². The number of carbonyl (C=O) groups is 1. The normalized spacial score (nSPS) is 21.3. The Balaban J connectivity index is 1.95. The molecule has 0 bridgehead atoms. The van der Waals surface area contributed by atoms with Crippen molar-refractivity contribution in [2.24, 2.45) is 0 Å². The van der Waals surface area contributed by atoms with E-state index in [9.17, 15) is 9.90 Å². The summed E-state index contributed by atoms with van der Waals surface area (Å²) in [4.78, 5) is 18.7. The van der Waals surface area contributed by atoms with Crippen molar-refractivity contribution in [3.63, 3.8) is 0 Å². The van der Waals surface area contributed by atoms with E-state index in [4.69, 9.17) is 0 Å². The van der Waals surface area contributed by atoms with Crippen LogP contribution >= 0.6 is 0 Å². The number of H-pyrrole nitrogens is 1. The number of aliphatic carboxylic acids is 1. The molecule has 3 rings (SSSR count). The van der Waals surface area contributed by atoms with Crippen LogP contribution in [-0.2, 0) is 11.2 Å². The van der Waals surface area contributed by atoms with E-state index in [0.717, 1.165) is 17.0 Å². The molecule has 0 aliphatic carbocycles. The largest absolute Gasteiger partial charge is 0.480 e. The van der Waals surface area contributed by atoms with Crippen molar-refractivity contribution in [1.29, 1.82) is 0 Å². The van der Waals surface area contributed by atoms with Crippen molar-refractivity contribution in [3.8, 4) is 0 Å². The van der Waals surface area contributed by atoms with Crippen LogP contribution in [0.3, 0.4) is 0 Å². The predicted octanol–water partition coefficient (Wildman–Crippen LogP) is 2.22. The summed E-state index contributed by atoms with van der Waals surface area (Å²) < 4.78 is 0. The molecule has 3 N–H and O–H groups in total. The lowest BCUT2D eigenvalue weighted by atomic mass is 9.92. The minimum Gasteiger partial charge on any atom is -0.480 e. The van der Waals surface area contributed by atoms with Gasteiger partial charge in [-0.3, -0.25) is 10.1 Å². The standard InChI is InChI=1S/C16H19N3O2/c1-9(2)10-3-5-11(6-4-10)14-15-12(17-8-18-15)7-13(19-14)16(20)21/h3-6,8-9,13-14,19H,7H2,1-2H3,(H,17,18)(H,20,21). The summed E-state index contributed by atoms with van der Waals surface area (Å²) in [5.41, 5.74) is 4.11. The van der Waals surface area contributed by atoms with Crippen molar-refractivity contribution < 1.29 is 9.90 Å². The number of aromatic amines is 1. The van der Waals surface area contributed by atoms with E-state index in [-0.39, 0.29) is 6.04 Å². The maximum Gasteiger partial charge on any atom is 0.321 e. The molecule has 0 amide bonds. The molecule has 2 unspecified atom stereocenters. The zero-order valence-electron chi connectivity index (χ0n) is 12.1. The number of rotatable bonds is 3. The maximum atomic E-state index is 11.3. The Morgan fingerprint density at radius 1 is 1.33 bits per heavy atom. The molecule has 0 saturated heterocycles. The number of hydrogen-bond donors (Lipinski definition) is 3. The third-order valence-corrected chi connectivity index (χ3v) is 4.04. The fourth-order valence-corrected chi connectivity index (χ4v) is 2.77. The van der Waals surface area contributed by atoms with Crippen LogP contribution in [0, 0.1) is 0 Å². The van der Waals surface area contributed by atoms with Gasteiger partial charge in [0.05, 0.1) is 18.1 Å². The van der Waals surface area contributed by atoms with Crippen molar-refractivity contribution in [1.82, 2.24) is 15.3 Å². The Bertz CT molecular complexity index is 646. The first-order valence-electron chi connectivity index (χ1n) is 7.17. The first-order chi connectivity index (χ1) is 10.1. The van der Waals surface area contributed by atoms with Gasteiger partial charge in [0.25, 0.3) is 0 Å². The topological polar surface area (TPSA) is 78.0 Å². The van der Waals surface area contributed by atoms with Crippen LogP contribution in [-0.4, -0.2) is 27.1 Å². The molecule has 1 aliphatic heterocycles. The van der Waals surface area contributed by atoms with Gasteiger partial charge in [-0.05, 0) is 17.0 Å². The van der Waals surface area contributed by atoms with Crippen molar-refractivity contribution in [3.05, 3.63) is 53.1 Å². The molecule has 21 heavy (non-hydrogen) atoms. The van der Waals surface area contributed by atoms with E-state index in [1.54, 1.807) is 6.33 Å². The van der Waals surface area contributed by atoms with Crippen LogP contribution in [0.15, 0.2) is 30.6 Å². The minimum atomic E-state index is -0.834. The smallest absolute Gasteiger partial charge is 0.321 e. The fraction of sp³-hybridized carbons (Fsp3) is 0.375. The Morgan fingerprint density at radius 3 is 2.67 bits per heavy atom. The van der Waals surface area contributed by atoms with Crippen LogP contribution in [0.2, 0.25) is 0 Å². The van der Waals surface area contributed by atoms with Gasteiger partial charge in [-0.25, -0.2) is 4.98 Å².